The van der Waals surface area contributed by atoms with Crippen LogP contribution in [0, 0.1) is 0 Å². The van der Waals surface area contributed by atoms with Gasteiger partial charge in [0.1, 0.15) is 22.3 Å². The van der Waals surface area contributed by atoms with E-state index in [1.807, 2.05) is 30.3 Å². The van der Waals surface area contributed by atoms with Crippen LogP contribution in [0.15, 0.2) is 130 Å². The van der Waals surface area contributed by atoms with Gasteiger partial charge in [-0.1, -0.05) is 84.9 Å². The van der Waals surface area contributed by atoms with E-state index in [2.05, 4.69) is 91.0 Å². The van der Waals surface area contributed by atoms with Gasteiger partial charge in [0, 0.05) is 21.5 Å². The zero-order valence-corrected chi connectivity index (χ0v) is 22.2. The third-order valence-corrected chi connectivity index (χ3v) is 8.45. The molecular formula is C38H24O3. The summed E-state index contributed by atoms with van der Waals surface area (Å²) in [6.07, 6.45) is 0. The molecule has 0 radical (unpaired) electrons. The Kier molecular flexibility index (Phi) is 4.80. The molecule has 1 aliphatic rings. The molecule has 194 valence electrons. The molecule has 0 atom stereocenters. The fourth-order valence-corrected chi connectivity index (χ4v) is 6.57. The van der Waals surface area contributed by atoms with Crippen molar-refractivity contribution in [2.75, 3.05) is 0 Å². The van der Waals surface area contributed by atoms with E-state index in [0.29, 0.717) is 13.2 Å². The van der Waals surface area contributed by atoms with Crippen molar-refractivity contribution in [2.45, 2.75) is 13.2 Å². The van der Waals surface area contributed by atoms with E-state index in [9.17, 15) is 0 Å². The molecule has 3 heterocycles. The first-order valence-corrected chi connectivity index (χ1v) is 14.0. The van der Waals surface area contributed by atoms with Crippen LogP contribution in [0.5, 0.6) is 0 Å². The number of furan rings is 2. The molecule has 41 heavy (non-hydrogen) atoms. The molecule has 2 aromatic heterocycles. The molecule has 3 heteroatoms. The van der Waals surface area contributed by atoms with Crippen molar-refractivity contribution >= 4 is 43.9 Å². The van der Waals surface area contributed by atoms with Crippen LogP contribution in [-0.2, 0) is 18.0 Å². The lowest BCUT2D eigenvalue weighted by Gasteiger charge is -2.13. The van der Waals surface area contributed by atoms with Crippen LogP contribution in [0.4, 0.5) is 0 Å². The summed E-state index contributed by atoms with van der Waals surface area (Å²) >= 11 is 0. The fraction of sp³-hybridized carbons (Fsp3) is 0.0526. The van der Waals surface area contributed by atoms with E-state index >= 15 is 0 Å². The molecule has 0 spiro atoms. The quantitative estimate of drug-likeness (QED) is 0.224. The van der Waals surface area contributed by atoms with Crippen molar-refractivity contribution in [1.82, 2.24) is 0 Å². The molecular weight excluding hydrogens is 504 g/mol. The van der Waals surface area contributed by atoms with Gasteiger partial charge in [0.15, 0.2) is 0 Å². The summed E-state index contributed by atoms with van der Waals surface area (Å²) in [5, 5.41) is 4.59. The van der Waals surface area contributed by atoms with E-state index < -0.39 is 0 Å². The maximum atomic E-state index is 6.21. The second-order valence-electron chi connectivity index (χ2n) is 10.8. The molecule has 0 unspecified atom stereocenters. The Morgan fingerprint density at radius 3 is 1.63 bits per heavy atom. The van der Waals surface area contributed by atoms with Crippen LogP contribution >= 0.6 is 0 Å². The molecule has 0 fully saturated rings. The minimum atomic E-state index is 0.567. The predicted octanol–water partition coefficient (Wildman–Crippen LogP) is 10.5. The smallest absolute Gasteiger partial charge is 0.136 e. The molecule has 0 amide bonds. The van der Waals surface area contributed by atoms with Crippen molar-refractivity contribution in [3.8, 4) is 33.4 Å². The second kappa shape index (κ2) is 8.69. The summed E-state index contributed by atoms with van der Waals surface area (Å²) in [4.78, 5) is 0. The summed E-state index contributed by atoms with van der Waals surface area (Å²) < 4.78 is 18.6. The van der Waals surface area contributed by atoms with E-state index in [1.54, 1.807) is 0 Å². The Hall–Kier alpha value is -5.12. The molecule has 8 aromatic rings. The van der Waals surface area contributed by atoms with Gasteiger partial charge in [-0.05, 0) is 80.9 Å². The Bertz CT molecular complexity index is 2300. The Morgan fingerprint density at radius 1 is 0.390 bits per heavy atom. The average molecular weight is 529 g/mol. The first-order chi connectivity index (χ1) is 20.3. The molecule has 0 bridgehead atoms. The number of para-hydroxylation sites is 2. The van der Waals surface area contributed by atoms with Crippen LogP contribution in [0.2, 0.25) is 0 Å². The lowest BCUT2D eigenvalue weighted by Crippen LogP contribution is -1.91. The van der Waals surface area contributed by atoms with Crippen LogP contribution in [0.25, 0.3) is 77.3 Å². The highest BCUT2D eigenvalue weighted by Crippen LogP contribution is 2.42. The third-order valence-electron chi connectivity index (χ3n) is 8.45. The van der Waals surface area contributed by atoms with Crippen LogP contribution < -0.4 is 0 Å². The zero-order valence-electron chi connectivity index (χ0n) is 22.2. The summed E-state index contributed by atoms with van der Waals surface area (Å²) in [6, 6.07) is 42.7. The number of ether oxygens (including phenoxy) is 1. The van der Waals surface area contributed by atoms with E-state index in [1.165, 1.54) is 44.5 Å². The SMILES string of the molecule is c1ccc2c(c1)oc1cccc(-c3ccc4c(c3)COCc3ccc(-c5cccc6oc7ccccc7c56)cc3-4)c12. The zero-order chi connectivity index (χ0) is 26.9. The van der Waals surface area contributed by atoms with Gasteiger partial charge in [0.25, 0.3) is 0 Å². The molecule has 1 aliphatic heterocycles. The van der Waals surface area contributed by atoms with E-state index in [-0.39, 0.29) is 0 Å². The Balaban J connectivity index is 1.21. The minimum absolute atomic E-state index is 0.567. The van der Waals surface area contributed by atoms with Crippen LogP contribution in [0.3, 0.4) is 0 Å². The number of fused-ring (bicyclic) bond motifs is 9. The highest BCUT2D eigenvalue weighted by Gasteiger charge is 2.20. The van der Waals surface area contributed by atoms with Gasteiger partial charge in [0.05, 0.1) is 13.2 Å². The fourth-order valence-electron chi connectivity index (χ4n) is 6.57. The second-order valence-corrected chi connectivity index (χ2v) is 10.8. The molecule has 3 nitrogen and oxygen atoms in total. The lowest BCUT2D eigenvalue weighted by atomic mass is 9.89. The maximum absolute atomic E-state index is 6.21. The van der Waals surface area contributed by atoms with Crippen molar-refractivity contribution in [1.29, 1.82) is 0 Å². The summed E-state index contributed by atoms with van der Waals surface area (Å²) in [7, 11) is 0. The largest absolute Gasteiger partial charge is 0.456 e. The molecule has 6 aromatic carbocycles. The normalized spacial score (nSPS) is 13.1. The molecule has 9 rings (SSSR count). The highest BCUT2D eigenvalue weighted by atomic mass is 16.5. The molecule has 0 saturated heterocycles. The molecule has 0 N–H and O–H groups in total. The number of hydrogen-bond donors (Lipinski definition) is 0. The van der Waals surface area contributed by atoms with Crippen molar-refractivity contribution in [2.24, 2.45) is 0 Å². The summed E-state index contributed by atoms with van der Waals surface area (Å²) in [5.41, 5.74) is 13.2. The van der Waals surface area contributed by atoms with Gasteiger partial charge in [0.2, 0.25) is 0 Å². The van der Waals surface area contributed by atoms with E-state index in [4.69, 9.17) is 13.6 Å². The highest BCUT2D eigenvalue weighted by molar-refractivity contribution is 6.13. The van der Waals surface area contributed by atoms with Gasteiger partial charge in [-0.3, -0.25) is 0 Å². The topological polar surface area (TPSA) is 35.5 Å². The van der Waals surface area contributed by atoms with Gasteiger partial charge in [-0.2, -0.15) is 0 Å². The first-order valence-electron chi connectivity index (χ1n) is 14.0. The van der Waals surface area contributed by atoms with Gasteiger partial charge in [-0.15, -0.1) is 0 Å². The predicted molar refractivity (Wildman–Crippen MR) is 166 cm³/mol. The van der Waals surface area contributed by atoms with Crippen LogP contribution in [-0.4, -0.2) is 0 Å². The Labute approximate surface area is 236 Å². The van der Waals surface area contributed by atoms with Gasteiger partial charge in [-0.25, -0.2) is 0 Å². The number of hydrogen-bond acceptors (Lipinski definition) is 3. The van der Waals surface area contributed by atoms with Gasteiger partial charge >= 0.3 is 0 Å². The summed E-state index contributed by atoms with van der Waals surface area (Å²) in [6.45, 7) is 1.15. The third kappa shape index (κ3) is 3.43. The van der Waals surface area contributed by atoms with Gasteiger partial charge < -0.3 is 13.6 Å². The molecule has 0 aliphatic carbocycles. The standard InChI is InChI=1S/C38H24O3/c1-3-11-33-30(7-1)37-28(9-5-13-35(37)40-33)23-17-18-27-26(19-23)22-39-21-25-16-15-24(20-32(25)27)29-10-6-14-36-38(29)31-8-2-4-12-34(31)41-36/h1-20H,21-22H2. The minimum Gasteiger partial charge on any atom is -0.456 e. The number of benzene rings is 6. The van der Waals surface area contributed by atoms with Crippen LogP contribution in [0.1, 0.15) is 11.1 Å². The van der Waals surface area contributed by atoms with Crippen molar-refractivity contribution in [3.05, 3.63) is 132 Å². The monoisotopic (exact) mass is 528 g/mol. The van der Waals surface area contributed by atoms with Crippen molar-refractivity contribution in [3.63, 3.8) is 0 Å². The lowest BCUT2D eigenvalue weighted by molar-refractivity contribution is 0.110. The molecule has 0 saturated carbocycles. The van der Waals surface area contributed by atoms with Crippen molar-refractivity contribution < 1.29 is 13.6 Å². The average Bonchev–Trinajstić information content (AvgIpc) is 3.54. The number of rotatable bonds is 2. The first kappa shape index (κ1) is 22.7. The maximum Gasteiger partial charge on any atom is 0.136 e. The summed E-state index contributed by atoms with van der Waals surface area (Å²) in [5.74, 6) is 0. The Morgan fingerprint density at radius 2 is 0.951 bits per heavy atom. The van der Waals surface area contributed by atoms with E-state index in [0.717, 1.165) is 43.9 Å².